The molecule has 0 aromatic heterocycles. The van der Waals surface area contributed by atoms with Crippen LogP contribution in [0, 0.1) is 0 Å². The molecular weight excluding hydrogens is 1130 g/mol. The van der Waals surface area contributed by atoms with Crippen molar-refractivity contribution in [1.82, 2.24) is 29.4 Å². The number of unbranched alkanes of at least 4 members (excludes halogenated alkanes) is 22. The van der Waals surface area contributed by atoms with Crippen LogP contribution in [0.2, 0.25) is 0 Å². The summed E-state index contributed by atoms with van der Waals surface area (Å²) in [5.74, 6) is 0. The molecule has 2 aromatic carbocycles. The number of hydrogen-bond acceptors (Lipinski definition) is 16. The van der Waals surface area contributed by atoms with Gasteiger partial charge in [-0.05, 0) is 63.0 Å². The molecule has 3 fully saturated rings. The van der Waals surface area contributed by atoms with E-state index >= 15 is 0 Å². The fraction of sp³-hybridized carbons (Fsp3) is 0.838. The molecule has 16 heteroatoms. The molecule has 0 spiro atoms. The van der Waals surface area contributed by atoms with Gasteiger partial charge >= 0.3 is 0 Å². The summed E-state index contributed by atoms with van der Waals surface area (Å²) in [6, 6.07) is 21.3. The summed E-state index contributed by atoms with van der Waals surface area (Å²) in [5.41, 5.74) is 2.63. The second kappa shape index (κ2) is 59.3. The lowest BCUT2D eigenvalue weighted by Gasteiger charge is -2.26. The zero-order valence-electron chi connectivity index (χ0n) is 57.4. The summed E-state index contributed by atoms with van der Waals surface area (Å²) >= 11 is 0. The molecule has 0 saturated carbocycles. The van der Waals surface area contributed by atoms with Crippen molar-refractivity contribution in [1.29, 1.82) is 0 Å². The van der Waals surface area contributed by atoms with Crippen molar-refractivity contribution in [2.24, 2.45) is 0 Å². The Morgan fingerprint density at radius 2 is 0.333 bits per heavy atom. The molecular formula is C74H134N6O10. The summed E-state index contributed by atoms with van der Waals surface area (Å²) < 4.78 is 60.2. The van der Waals surface area contributed by atoms with Crippen molar-refractivity contribution in [3.63, 3.8) is 0 Å². The van der Waals surface area contributed by atoms with E-state index in [1.165, 1.54) is 165 Å². The molecule has 520 valence electrons. The molecule has 3 saturated heterocycles. The van der Waals surface area contributed by atoms with Crippen LogP contribution in [0.25, 0.3) is 0 Å². The Balaban J connectivity index is 0.747. The normalized spacial score (nSPS) is 20.1. The molecule has 0 aliphatic carbocycles. The quantitative estimate of drug-likeness (QED) is 0.0619. The van der Waals surface area contributed by atoms with E-state index in [9.17, 15) is 0 Å². The van der Waals surface area contributed by atoms with Crippen LogP contribution in [0.5, 0.6) is 0 Å². The molecule has 0 N–H and O–H groups in total. The summed E-state index contributed by atoms with van der Waals surface area (Å²) in [4.78, 5) is 15.0. The van der Waals surface area contributed by atoms with Crippen LogP contribution in [0.3, 0.4) is 0 Å². The maximum Gasteiger partial charge on any atom is 0.0701 e. The molecule has 3 aliphatic rings. The molecule has 5 rings (SSSR count). The Bertz CT molecular complexity index is 1620. The summed E-state index contributed by atoms with van der Waals surface area (Å²) in [5, 5.41) is 0. The third-order valence-corrected chi connectivity index (χ3v) is 18.0. The first-order valence-electron chi connectivity index (χ1n) is 37.0. The minimum Gasteiger partial charge on any atom is -0.379 e. The van der Waals surface area contributed by atoms with E-state index in [-0.39, 0.29) is 0 Å². The number of rotatable bonds is 34. The van der Waals surface area contributed by atoms with Gasteiger partial charge in [-0.25, -0.2) is 0 Å². The number of benzene rings is 2. The van der Waals surface area contributed by atoms with Crippen LogP contribution in [-0.4, -0.2) is 266 Å². The lowest BCUT2D eigenvalue weighted by molar-refractivity contribution is 0.00699. The van der Waals surface area contributed by atoms with Crippen LogP contribution < -0.4 is 0 Å². The van der Waals surface area contributed by atoms with Gasteiger partial charge in [0.2, 0.25) is 0 Å². The first-order chi connectivity index (χ1) is 44.8. The van der Waals surface area contributed by atoms with E-state index in [2.05, 4.69) is 90.1 Å². The van der Waals surface area contributed by atoms with Gasteiger partial charge in [-0.15, -0.1) is 0 Å². The van der Waals surface area contributed by atoms with Crippen LogP contribution in [0.1, 0.15) is 165 Å². The maximum absolute atomic E-state index is 6.20. The first kappa shape index (κ1) is 78.5. The fourth-order valence-electron chi connectivity index (χ4n) is 12.3. The van der Waals surface area contributed by atoms with Crippen LogP contribution in [0.4, 0.5) is 0 Å². The summed E-state index contributed by atoms with van der Waals surface area (Å²) in [6.07, 6.45) is 32.3. The van der Waals surface area contributed by atoms with Gasteiger partial charge in [0.1, 0.15) is 0 Å². The Kier molecular flexibility index (Phi) is 51.7. The zero-order chi connectivity index (χ0) is 62.6. The lowest BCUT2D eigenvalue weighted by Crippen LogP contribution is -2.36. The van der Waals surface area contributed by atoms with E-state index < -0.39 is 0 Å². The van der Waals surface area contributed by atoms with Crippen molar-refractivity contribution in [3.05, 3.63) is 71.8 Å². The van der Waals surface area contributed by atoms with Crippen LogP contribution >= 0.6 is 0 Å². The predicted molar refractivity (Wildman–Crippen MR) is 368 cm³/mol. The van der Waals surface area contributed by atoms with E-state index in [1.807, 2.05) is 0 Å². The van der Waals surface area contributed by atoms with E-state index in [1.54, 1.807) is 0 Å². The van der Waals surface area contributed by atoms with Crippen molar-refractivity contribution < 1.29 is 47.4 Å². The number of ether oxygens (including phenoxy) is 10. The minimum absolute atomic E-state index is 0.638. The van der Waals surface area contributed by atoms with Crippen LogP contribution in [0.15, 0.2) is 60.7 Å². The molecule has 16 nitrogen and oxygen atoms in total. The second-order valence-electron chi connectivity index (χ2n) is 25.5. The standard InChI is InChI=1S/C74H134N6O10/c1(3-7-11-15-19-29-37-77-43-55-83-63-67-87-59-47-79(71-73-31-23-21-24-32-73)48-60-88-68-64-84-56-44-77)5-9-13-17-27-35-75-39-51-81-53-41-76(42-54-82-52-40-75)36-28-18-14-10-6-2-4-8-12-16-20-30-38-78-45-57-85-65-69-89-61-49-80(72-74-33-25-22-26-34-74)50-62-90-70-66-86-58-46-78/h21-26,31-34H,1-20,27-30,35-72H2. The van der Waals surface area contributed by atoms with Gasteiger partial charge < -0.3 is 47.4 Å². The first-order valence-corrected chi connectivity index (χ1v) is 37.0. The van der Waals surface area contributed by atoms with Gasteiger partial charge in [0.25, 0.3) is 0 Å². The van der Waals surface area contributed by atoms with Crippen molar-refractivity contribution in [2.45, 2.75) is 167 Å². The van der Waals surface area contributed by atoms with Crippen molar-refractivity contribution >= 4 is 0 Å². The van der Waals surface area contributed by atoms with Gasteiger partial charge in [0, 0.05) is 91.6 Å². The van der Waals surface area contributed by atoms with Crippen molar-refractivity contribution in [2.75, 3.05) is 237 Å². The number of nitrogens with zero attached hydrogens (tertiary/aromatic N) is 6. The van der Waals surface area contributed by atoms with E-state index in [4.69, 9.17) is 47.4 Å². The Labute approximate surface area is 550 Å². The van der Waals surface area contributed by atoms with Gasteiger partial charge in [-0.1, -0.05) is 189 Å². The highest BCUT2D eigenvalue weighted by molar-refractivity contribution is 5.15. The monoisotopic (exact) mass is 1270 g/mol. The molecule has 3 aliphatic heterocycles. The highest BCUT2D eigenvalue weighted by atomic mass is 16.5. The zero-order valence-corrected chi connectivity index (χ0v) is 57.4. The molecule has 0 bridgehead atoms. The number of hydrogen-bond donors (Lipinski definition) is 0. The third kappa shape index (κ3) is 46.0. The van der Waals surface area contributed by atoms with E-state index in [0.717, 1.165) is 171 Å². The van der Waals surface area contributed by atoms with Gasteiger partial charge in [-0.3, -0.25) is 29.4 Å². The molecule has 90 heavy (non-hydrogen) atoms. The van der Waals surface area contributed by atoms with Gasteiger partial charge in [0.15, 0.2) is 0 Å². The topological polar surface area (TPSA) is 112 Å². The van der Waals surface area contributed by atoms with Crippen LogP contribution in [-0.2, 0) is 60.5 Å². The Hall–Kier alpha value is -2.20. The lowest BCUT2D eigenvalue weighted by atomic mass is 10.0. The second-order valence-corrected chi connectivity index (χ2v) is 25.5. The SMILES string of the molecule is c1ccc(CN2CCOCCOCCN(CCCCCCCCCCCCCCN3CCOCCN(CCCCCCCCCCCCCCN4CCOCCOCCN(Cc5ccccc5)CCOCCOCC4)CCOCC3)CCOCCOCC2)cc1. The summed E-state index contributed by atoms with van der Waals surface area (Å²) in [7, 11) is 0. The fourth-order valence-corrected chi connectivity index (χ4v) is 12.3. The van der Waals surface area contributed by atoms with Gasteiger partial charge in [0.05, 0.1) is 132 Å². The Morgan fingerprint density at radius 3 is 0.522 bits per heavy atom. The average molecular weight is 1270 g/mol. The molecule has 0 atom stereocenters. The molecule has 3 heterocycles. The average Bonchev–Trinajstić information content (AvgIpc) is 3.72. The molecule has 0 radical (unpaired) electrons. The predicted octanol–water partition coefficient (Wildman–Crippen LogP) is 11.8. The van der Waals surface area contributed by atoms with Crippen molar-refractivity contribution in [3.8, 4) is 0 Å². The highest BCUT2D eigenvalue weighted by Crippen LogP contribution is 2.16. The third-order valence-electron chi connectivity index (χ3n) is 18.0. The molecule has 0 amide bonds. The Morgan fingerprint density at radius 1 is 0.178 bits per heavy atom. The van der Waals surface area contributed by atoms with E-state index in [0.29, 0.717) is 79.3 Å². The summed E-state index contributed by atoms with van der Waals surface area (Å²) in [6.45, 7) is 31.9. The molecule has 0 unspecified atom stereocenters. The molecule has 2 aromatic rings. The maximum atomic E-state index is 6.20. The smallest absolute Gasteiger partial charge is 0.0701 e. The highest BCUT2D eigenvalue weighted by Gasteiger charge is 2.14. The minimum atomic E-state index is 0.638. The largest absolute Gasteiger partial charge is 0.379 e. The van der Waals surface area contributed by atoms with Gasteiger partial charge in [-0.2, -0.15) is 0 Å².